The number of rotatable bonds is 2. The number of aromatic nitrogens is 4. The van der Waals surface area contributed by atoms with Crippen LogP contribution in [0.5, 0.6) is 0 Å². The number of aryl methyl sites for hydroxylation is 1. The molecule has 0 saturated carbocycles. The van der Waals surface area contributed by atoms with Crippen LogP contribution in [0.4, 0.5) is 6.01 Å². The van der Waals surface area contributed by atoms with Crippen molar-refractivity contribution < 1.29 is 4.52 Å². The van der Waals surface area contributed by atoms with Gasteiger partial charge in [-0.3, -0.25) is 0 Å². The Hall–Kier alpha value is -1.98. The zero-order valence-corrected chi connectivity index (χ0v) is 7.85. The summed E-state index contributed by atoms with van der Waals surface area (Å²) >= 11 is 0. The summed E-state index contributed by atoms with van der Waals surface area (Å²) < 4.78 is 4.85. The van der Waals surface area contributed by atoms with Gasteiger partial charge in [0.15, 0.2) is 0 Å². The van der Waals surface area contributed by atoms with Gasteiger partial charge in [-0.25, -0.2) is 9.97 Å². The van der Waals surface area contributed by atoms with Crippen LogP contribution in [0.3, 0.4) is 0 Å². The minimum atomic E-state index is 0.351. The lowest BCUT2D eigenvalue weighted by molar-refractivity contribution is 0.433. The van der Waals surface area contributed by atoms with E-state index in [1.807, 2.05) is 6.92 Å². The van der Waals surface area contributed by atoms with Crippen molar-refractivity contribution in [2.75, 3.05) is 12.4 Å². The molecule has 0 atom stereocenters. The summed E-state index contributed by atoms with van der Waals surface area (Å²) in [5.74, 6) is 0.843. The Morgan fingerprint density at radius 1 is 1.21 bits per heavy atom. The molecule has 14 heavy (non-hydrogen) atoms. The van der Waals surface area contributed by atoms with Gasteiger partial charge in [0.1, 0.15) is 0 Å². The Kier molecular flexibility index (Phi) is 2.10. The van der Waals surface area contributed by atoms with Crippen LogP contribution in [0.2, 0.25) is 0 Å². The highest BCUT2D eigenvalue weighted by Gasteiger charge is 2.08. The highest BCUT2D eigenvalue weighted by Crippen LogP contribution is 2.11. The zero-order chi connectivity index (χ0) is 9.97. The summed E-state index contributed by atoms with van der Waals surface area (Å²) in [7, 11) is 1.70. The Morgan fingerprint density at radius 3 is 2.50 bits per heavy atom. The molecule has 0 aliphatic carbocycles. The molecular formula is C8H9N5O. The van der Waals surface area contributed by atoms with E-state index in [0.717, 1.165) is 5.56 Å². The second-order valence-electron chi connectivity index (χ2n) is 2.76. The minimum Gasteiger partial charge on any atom is -0.341 e. The number of hydrogen-bond acceptors (Lipinski definition) is 6. The number of hydrogen-bond donors (Lipinski definition) is 1. The fourth-order valence-electron chi connectivity index (χ4n) is 0.924. The third kappa shape index (κ3) is 1.54. The summed E-state index contributed by atoms with van der Waals surface area (Å²) in [6, 6.07) is 0.351. The molecule has 0 saturated heterocycles. The van der Waals surface area contributed by atoms with Crippen molar-refractivity contribution in [3.63, 3.8) is 0 Å². The summed E-state index contributed by atoms with van der Waals surface area (Å²) in [6.45, 7) is 1.92. The minimum absolute atomic E-state index is 0.351. The standard InChI is InChI=1S/C8H9N5O/c1-5-3-10-6(11-4-5)7-12-8(9-2)14-13-7/h3-4H,1-2H3,(H,9,12,13). The van der Waals surface area contributed by atoms with Crippen molar-refractivity contribution in [2.45, 2.75) is 6.92 Å². The third-order valence-corrected chi connectivity index (χ3v) is 1.62. The van der Waals surface area contributed by atoms with E-state index in [-0.39, 0.29) is 0 Å². The number of nitrogens with one attached hydrogen (secondary N) is 1. The van der Waals surface area contributed by atoms with E-state index in [0.29, 0.717) is 17.7 Å². The molecule has 0 fully saturated rings. The largest absolute Gasteiger partial charge is 0.341 e. The molecule has 2 heterocycles. The maximum Gasteiger partial charge on any atom is 0.321 e. The molecule has 6 nitrogen and oxygen atoms in total. The molecule has 1 N–H and O–H groups in total. The van der Waals surface area contributed by atoms with Gasteiger partial charge in [0, 0.05) is 19.4 Å². The Labute approximate surface area is 80.4 Å². The monoisotopic (exact) mass is 191 g/mol. The maximum atomic E-state index is 4.85. The summed E-state index contributed by atoms with van der Waals surface area (Å²) in [6.07, 6.45) is 3.41. The summed E-state index contributed by atoms with van der Waals surface area (Å²) in [4.78, 5) is 12.2. The lowest BCUT2D eigenvalue weighted by Crippen LogP contribution is -1.91. The fourth-order valence-corrected chi connectivity index (χ4v) is 0.924. The lowest BCUT2D eigenvalue weighted by atomic mass is 10.4. The van der Waals surface area contributed by atoms with Gasteiger partial charge < -0.3 is 9.84 Å². The van der Waals surface area contributed by atoms with Gasteiger partial charge in [-0.2, -0.15) is 4.98 Å². The van der Waals surface area contributed by atoms with Crippen molar-refractivity contribution in [1.82, 2.24) is 20.1 Å². The molecule has 0 aliphatic heterocycles. The van der Waals surface area contributed by atoms with E-state index in [1.54, 1.807) is 19.4 Å². The average Bonchev–Trinajstić information content (AvgIpc) is 2.67. The quantitative estimate of drug-likeness (QED) is 0.759. The van der Waals surface area contributed by atoms with Gasteiger partial charge >= 0.3 is 6.01 Å². The van der Waals surface area contributed by atoms with Gasteiger partial charge in [0.25, 0.3) is 0 Å². The van der Waals surface area contributed by atoms with E-state index >= 15 is 0 Å². The normalized spacial score (nSPS) is 10.1. The van der Waals surface area contributed by atoms with Gasteiger partial charge in [-0.15, -0.1) is 0 Å². The first kappa shape index (κ1) is 8.61. The van der Waals surface area contributed by atoms with Crippen molar-refractivity contribution in [2.24, 2.45) is 0 Å². The highest BCUT2D eigenvalue weighted by molar-refractivity contribution is 5.43. The fraction of sp³-hybridized carbons (Fsp3) is 0.250. The van der Waals surface area contributed by atoms with Crippen LogP contribution in [0.25, 0.3) is 11.6 Å². The molecule has 0 aromatic carbocycles. The molecule has 2 rings (SSSR count). The molecule has 0 radical (unpaired) electrons. The molecule has 0 spiro atoms. The smallest absolute Gasteiger partial charge is 0.321 e. The predicted octanol–water partition coefficient (Wildman–Crippen LogP) is 0.877. The van der Waals surface area contributed by atoms with Crippen LogP contribution in [0.1, 0.15) is 5.56 Å². The second-order valence-corrected chi connectivity index (χ2v) is 2.76. The first-order chi connectivity index (χ1) is 6.79. The van der Waals surface area contributed by atoms with Crippen molar-refractivity contribution in [3.8, 4) is 11.6 Å². The highest BCUT2D eigenvalue weighted by atomic mass is 16.5. The topological polar surface area (TPSA) is 76.7 Å². The first-order valence-corrected chi connectivity index (χ1v) is 4.10. The van der Waals surface area contributed by atoms with Gasteiger partial charge in [0.2, 0.25) is 11.6 Å². The molecule has 0 unspecified atom stereocenters. The van der Waals surface area contributed by atoms with Crippen LogP contribution < -0.4 is 5.32 Å². The summed E-state index contributed by atoms with van der Waals surface area (Å²) in [5.41, 5.74) is 0.992. The summed E-state index contributed by atoms with van der Waals surface area (Å²) in [5, 5.41) is 6.45. The predicted molar refractivity (Wildman–Crippen MR) is 49.6 cm³/mol. The maximum absolute atomic E-state index is 4.85. The van der Waals surface area contributed by atoms with Gasteiger partial charge in [-0.1, -0.05) is 5.16 Å². The van der Waals surface area contributed by atoms with E-state index in [4.69, 9.17) is 4.52 Å². The molecule has 0 amide bonds. The SMILES string of the molecule is CNc1nc(-c2ncc(C)cn2)no1. The van der Waals surface area contributed by atoms with Crippen molar-refractivity contribution in [3.05, 3.63) is 18.0 Å². The Morgan fingerprint density at radius 2 is 1.93 bits per heavy atom. The average molecular weight is 191 g/mol. The van der Waals surface area contributed by atoms with Crippen LogP contribution in [-0.2, 0) is 0 Å². The van der Waals surface area contributed by atoms with E-state index in [1.165, 1.54) is 0 Å². The van der Waals surface area contributed by atoms with Crippen LogP contribution in [-0.4, -0.2) is 27.2 Å². The van der Waals surface area contributed by atoms with Crippen LogP contribution >= 0.6 is 0 Å². The second kappa shape index (κ2) is 3.41. The third-order valence-electron chi connectivity index (χ3n) is 1.62. The molecular weight excluding hydrogens is 182 g/mol. The van der Waals surface area contributed by atoms with Crippen LogP contribution in [0, 0.1) is 6.92 Å². The molecule has 0 aliphatic rings. The molecule has 2 aromatic heterocycles. The molecule has 6 heteroatoms. The lowest BCUT2D eigenvalue weighted by Gasteiger charge is -1.92. The first-order valence-electron chi connectivity index (χ1n) is 4.10. The Bertz CT molecular complexity index is 422. The van der Waals surface area contributed by atoms with E-state index in [9.17, 15) is 0 Å². The number of nitrogens with zero attached hydrogens (tertiary/aromatic N) is 4. The molecule has 72 valence electrons. The van der Waals surface area contributed by atoms with Gasteiger partial charge in [-0.05, 0) is 12.5 Å². The van der Waals surface area contributed by atoms with Gasteiger partial charge in [0.05, 0.1) is 0 Å². The Balaban J connectivity index is 2.34. The van der Waals surface area contributed by atoms with Crippen molar-refractivity contribution >= 4 is 6.01 Å². The van der Waals surface area contributed by atoms with Crippen molar-refractivity contribution in [1.29, 1.82) is 0 Å². The van der Waals surface area contributed by atoms with Crippen LogP contribution in [0.15, 0.2) is 16.9 Å². The molecule has 0 bridgehead atoms. The van der Waals surface area contributed by atoms with E-state index in [2.05, 4.69) is 25.4 Å². The van der Waals surface area contributed by atoms with E-state index < -0.39 is 0 Å². The number of anilines is 1. The zero-order valence-electron chi connectivity index (χ0n) is 7.85. The molecule has 2 aromatic rings.